The molecular formula is C16H27N3O2. The smallest absolute Gasteiger partial charge is 0.119 e. The van der Waals surface area contributed by atoms with E-state index in [-0.39, 0.29) is 0 Å². The van der Waals surface area contributed by atoms with Gasteiger partial charge in [-0.1, -0.05) is 0 Å². The molecule has 0 radical (unpaired) electrons. The summed E-state index contributed by atoms with van der Waals surface area (Å²) in [5.74, 6) is 1.76. The Morgan fingerprint density at radius 2 is 1.52 bits per heavy atom. The Morgan fingerprint density at radius 3 is 2.10 bits per heavy atom. The van der Waals surface area contributed by atoms with Gasteiger partial charge in [0, 0.05) is 32.7 Å². The van der Waals surface area contributed by atoms with Crippen LogP contribution in [0.15, 0.2) is 24.3 Å². The first-order valence-electron chi connectivity index (χ1n) is 7.73. The summed E-state index contributed by atoms with van der Waals surface area (Å²) in [7, 11) is 1.67. The lowest BCUT2D eigenvalue weighted by atomic mass is 10.3. The summed E-state index contributed by atoms with van der Waals surface area (Å²) in [4.78, 5) is 4.95. The predicted octanol–water partition coefficient (Wildman–Crippen LogP) is 1.04. The second-order valence-corrected chi connectivity index (χ2v) is 5.35. The van der Waals surface area contributed by atoms with Crippen LogP contribution in [-0.4, -0.2) is 69.3 Å². The molecule has 0 saturated carbocycles. The van der Waals surface area contributed by atoms with Crippen molar-refractivity contribution in [3.05, 3.63) is 24.3 Å². The molecule has 2 N–H and O–H groups in total. The minimum atomic E-state index is 0.731. The first-order valence-corrected chi connectivity index (χ1v) is 7.73. The number of nitrogens with zero attached hydrogens (tertiary/aromatic N) is 2. The highest BCUT2D eigenvalue weighted by Gasteiger charge is 2.15. The first-order chi connectivity index (χ1) is 10.3. The zero-order chi connectivity index (χ0) is 14.9. The van der Waals surface area contributed by atoms with E-state index in [1.807, 2.05) is 24.3 Å². The zero-order valence-corrected chi connectivity index (χ0v) is 13.0. The van der Waals surface area contributed by atoms with Crippen LogP contribution in [0.25, 0.3) is 0 Å². The van der Waals surface area contributed by atoms with E-state index in [0.29, 0.717) is 0 Å². The molecule has 1 aliphatic rings. The Bertz CT molecular complexity index is 389. The highest BCUT2D eigenvalue weighted by molar-refractivity contribution is 5.31. The fraction of sp³-hybridized carbons (Fsp3) is 0.625. The molecule has 21 heavy (non-hydrogen) atoms. The van der Waals surface area contributed by atoms with Crippen LogP contribution >= 0.6 is 0 Å². The molecule has 118 valence electrons. The van der Waals surface area contributed by atoms with E-state index in [0.717, 1.165) is 70.3 Å². The fourth-order valence-corrected chi connectivity index (χ4v) is 2.52. The van der Waals surface area contributed by atoms with Gasteiger partial charge in [0.15, 0.2) is 0 Å². The Balaban J connectivity index is 1.61. The summed E-state index contributed by atoms with van der Waals surface area (Å²) >= 11 is 0. The third-order valence-corrected chi connectivity index (χ3v) is 3.88. The molecule has 0 aromatic heterocycles. The maximum absolute atomic E-state index is 5.77. The highest BCUT2D eigenvalue weighted by Crippen LogP contribution is 2.16. The van der Waals surface area contributed by atoms with Gasteiger partial charge in [0.2, 0.25) is 0 Å². The van der Waals surface area contributed by atoms with Gasteiger partial charge >= 0.3 is 0 Å². The lowest BCUT2D eigenvalue weighted by Gasteiger charge is -2.34. The van der Waals surface area contributed by atoms with Gasteiger partial charge in [-0.15, -0.1) is 0 Å². The second-order valence-electron chi connectivity index (χ2n) is 5.35. The Morgan fingerprint density at radius 1 is 0.952 bits per heavy atom. The van der Waals surface area contributed by atoms with Crippen LogP contribution < -0.4 is 15.2 Å². The summed E-state index contributed by atoms with van der Waals surface area (Å²) in [5, 5.41) is 0. The summed E-state index contributed by atoms with van der Waals surface area (Å²) in [5.41, 5.74) is 5.55. The van der Waals surface area contributed by atoms with Crippen molar-refractivity contribution in [3.63, 3.8) is 0 Å². The number of rotatable bonds is 8. The lowest BCUT2D eigenvalue weighted by Crippen LogP contribution is -2.47. The van der Waals surface area contributed by atoms with E-state index in [1.54, 1.807) is 7.11 Å². The van der Waals surface area contributed by atoms with Crippen molar-refractivity contribution in [2.75, 3.05) is 59.5 Å². The number of benzene rings is 1. The van der Waals surface area contributed by atoms with E-state index < -0.39 is 0 Å². The molecule has 1 heterocycles. The van der Waals surface area contributed by atoms with Crippen molar-refractivity contribution >= 4 is 0 Å². The molecule has 1 fully saturated rings. The zero-order valence-electron chi connectivity index (χ0n) is 13.0. The van der Waals surface area contributed by atoms with Crippen molar-refractivity contribution in [1.29, 1.82) is 0 Å². The average Bonchev–Trinajstić information content (AvgIpc) is 2.55. The maximum Gasteiger partial charge on any atom is 0.119 e. The minimum absolute atomic E-state index is 0.731. The number of ether oxygens (including phenoxy) is 2. The molecule has 1 saturated heterocycles. The van der Waals surface area contributed by atoms with Crippen molar-refractivity contribution in [2.24, 2.45) is 5.73 Å². The molecule has 1 aliphatic heterocycles. The molecule has 5 nitrogen and oxygen atoms in total. The average molecular weight is 293 g/mol. The van der Waals surface area contributed by atoms with Gasteiger partial charge in [-0.3, -0.25) is 4.90 Å². The molecule has 0 bridgehead atoms. The molecule has 1 aromatic rings. The fourth-order valence-electron chi connectivity index (χ4n) is 2.52. The third-order valence-electron chi connectivity index (χ3n) is 3.88. The quantitative estimate of drug-likeness (QED) is 0.776. The Hall–Kier alpha value is -1.30. The summed E-state index contributed by atoms with van der Waals surface area (Å²) in [6, 6.07) is 7.74. The largest absolute Gasteiger partial charge is 0.497 e. The Labute approximate surface area is 127 Å². The molecular weight excluding hydrogens is 266 g/mol. The normalized spacial score (nSPS) is 16.9. The van der Waals surface area contributed by atoms with E-state index in [2.05, 4.69) is 9.80 Å². The summed E-state index contributed by atoms with van der Waals surface area (Å²) in [6.45, 7) is 8.16. The van der Waals surface area contributed by atoms with Crippen molar-refractivity contribution < 1.29 is 9.47 Å². The Kier molecular flexibility index (Phi) is 6.79. The van der Waals surface area contributed by atoms with Crippen LogP contribution in [0.3, 0.4) is 0 Å². The molecule has 0 aliphatic carbocycles. The number of hydrogen-bond donors (Lipinski definition) is 1. The molecule has 5 heteroatoms. The van der Waals surface area contributed by atoms with Gasteiger partial charge in [0.1, 0.15) is 18.1 Å². The third kappa shape index (κ3) is 5.53. The topological polar surface area (TPSA) is 51.0 Å². The van der Waals surface area contributed by atoms with E-state index in [9.17, 15) is 0 Å². The predicted molar refractivity (Wildman–Crippen MR) is 85.0 cm³/mol. The summed E-state index contributed by atoms with van der Waals surface area (Å²) in [6.07, 6.45) is 1.10. The van der Waals surface area contributed by atoms with Gasteiger partial charge in [0.25, 0.3) is 0 Å². The lowest BCUT2D eigenvalue weighted by molar-refractivity contribution is 0.116. The van der Waals surface area contributed by atoms with Crippen LogP contribution in [0, 0.1) is 0 Å². The van der Waals surface area contributed by atoms with Gasteiger partial charge < -0.3 is 20.1 Å². The molecule has 0 atom stereocenters. The minimum Gasteiger partial charge on any atom is -0.497 e. The standard InChI is InChI=1S/C16H27N3O2/c1-20-15-3-5-16(6-4-15)21-14-13-19-11-9-18(10-12-19)8-2-7-17/h3-6H,2,7-14,17H2,1H3. The van der Waals surface area contributed by atoms with E-state index in [4.69, 9.17) is 15.2 Å². The van der Waals surface area contributed by atoms with Crippen LogP contribution in [-0.2, 0) is 0 Å². The van der Waals surface area contributed by atoms with Gasteiger partial charge in [-0.25, -0.2) is 0 Å². The number of hydrogen-bond acceptors (Lipinski definition) is 5. The number of methoxy groups -OCH3 is 1. The van der Waals surface area contributed by atoms with Gasteiger partial charge in [-0.2, -0.15) is 0 Å². The number of nitrogens with two attached hydrogens (primary N) is 1. The highest BCUT2D eigenvalue weighted by atomic mass is 16.5. The molecule has 0 unspecified atom stereocenters. The van der Waals surface area contributed by atoms with Crippen molar-refractivity contribution in [1.82, 2.24) is 9.80 Å². The SMILES string of the molecule is COc1ccc(OCCN2CCN(CCCN)CC2)cc1. The molecule has 1 aromatic carbocycles. The number of piperazine rings is 1. The molecule has 0 spiro atoms. The van der Waals surface area contributed by atoms with Crippen LogP contribution in [0.1, 0.15) is 6.42 Å². The van der Waals surface area contributed by atoms with Crippen molar-refractivity contribution in [3.8, 4) is 11.5 Å². The van der Waals surface area contributed by atoms with Crippen LogP contribution in [0.2, 0.25) is 0 Å². The van der Waals surface area contributed by atoms with Crippen LogP contribution in [0.4, 0.5) is 0 Å². The summed E-state index contributed by atoms with van der Waals surface area (Å²) < 4.78 is 10.9. The molecule has 2 rings (SSSR count). The van der Waals surface area contributed by atoms with E-state index >= 15 is 0 Å². The van der Waals surface area contributed by atoms with E-state index in [1.165, 1.54) is 0 Å². The van der Waals surface area contributed by atoms with Crippen LogP contribution in [0.5, 0.6) is 11.5 Å². The second kappa shape index (κ2) is 8.87. The first kappa shape index (κ1) is 16.1. The monoisotopic (exact) mass is 293 g/mol. The maximum atomic E-state index is 5.77. The van der Waals surface area contributed by atoms with Gasteiger partial charge in [-0.05, 0) is 43.8 Å². The van der Waals surface area contributed by atoms with Gasteiger partial charge in [0.05, 0.1) is 7.11 Å². The molecule has 0 amide bonds. The van der Waals surface area contributed by atoms with Crippen molar-refractivity contribution in [2.45, 2.75) is 6.42 Å².